The van der Waals surface area contributed by atoms with Gasteiger partial charge < -0.3 is 9.88 Å². The summed E-state index contributed by atoms with van der Waals surface area (Å²) in [7, 11) is 0. The Hall–Kier alpha value is -0.830. The SMILES string of the molecule is c1cn2c(n1)CCC(NC1C[C@H]3CC[C@@H](C1)C3)C2. The van der Waals surface area contributed by atoms with E-state index in [0.29, 0.717) is 6.04 Å². The minimum absolute atomic E-state index is 0.675. The van der Waals surface area contributed by atoms with Crippen molar-refractivity contribution in [1.82, 2.24) is 14.9 Å². The van der Waals surface area contributed by atoms with Crippen molar-refractivity contribution in [3.63, 3.8) is 0 Å². The van der Waals surface area contributed by atoms with Crippen molar-refractivity contribution >= 4 is 0 Å². The molecule has 2 aliphatic carbocycles. The van der Waals surface area contributed by atoms with Crippen LogP contribution in [0.3, 0.4) is 0 Å². The molecule has 1 aromatic rings. The van der Waals surface area contributed by atoms with E-state index in [1.807, 2.05) is 6.20 Å². The van der Waals surface area contributed by atoms with Gasteiger partial charge in [0.1, 0.15) is 5.82 Å². The van der Waals surface area contributed by atoms with Crippen LogP contribution >= 0.6 is 0 Å². The molecule has 0 aromatic carbocycles. The van der Waals surface area contributed by atoms with E-state index in [2.05, 4.69) is 21.1 Å². The molecule has 2 bridgehead atoms. The van der Waals surface area contributed by atoms with Gasteiger partial charge in [-0.1, -0.05) is 12.8 Å². The summed E-state index contributed by atoms with van der Waals surface area (Å²) >= 11 is 0. The van der Waals surface area contributed by atoms with Gasteiger partial charge in [0.25, 0.3) is 0 Å². The first-order valence-electron chi connectivity index (χ1n) is 7.63. The van der Waals surface area contributed by atoms with Gasteiger partial charge in [0, 0.05) is 37.4 Å². The summed E-state index contributed by atoms with van der Waals surface area (Å²) in [5, 5.41) is 3.94. The lowest BCUT2D eigenvalue weighted by Crippen LogP contribution is -2.45. The van der Waals surface area contributed by atoms with Crippen LogP contribution < -0.4 is 5.32 Å². The van der Waals surface area contributed by atoms with Crippen molar-refractivity contribution in [2.24, 2.45) is 11.8 Å². The molecule has 2 saturated carbocycles. The van der Waals surface area contributed by atoms with Crippen molar-refractivity contribution in [2.75, 3.05) is 0 Å². The fourth-order valence-corrected chi connectivity index (χ4v) is 4.48. The molecular weight excluding hydrogens is 222 g/mol. The van der Waals surface area contributed by atoms with Crippen molar-refractivity contribution < 1.29 is 0 Å². The number of nitrogens with zero attached hydrogens (tertiary/aromatic N) is 2. The van der Waals surface area contributed by atoms with Gasteiger partial charge in [-0.25, -0.2) is 4.98 Å². The molecule has 0 amide bonds. The highest BCUT2D eigenvalue weighted by atomic mass is 15.1. The first-order valence-corrected chi connectivity index (χ1v) is 7.63. The van der Waals surface area contributed by atoms with Crippen LogP contribution in [0.5, 0.6) is 0 Å². The molecule has 4 atom stereocenters. The molecule has 0 saturated heterocycles. The number of rotatable bonds is 2. The maximum Gasteiger partial charge on any atom is 0.108 e. The molecule has 1 aromatic heterocycles. The van der Waals surface area contributed by atoms with Crippen molar-refractivity contribution in [3.05, 3.63) is 18.2 Å². The van der Waals surface area contributed by atoms with Crippen LogP contribution in [-0.2, 0) is 13.0 Å². The lowest BCUT2D eigenvalue weighted by molar-refractivity contribution is 0.241. The third kappa shape index (κ3) is 1.99. The van der Waals surface area contributed by atoms with Crippen molar-refractivity contribution in [2.45, 2.75) is 63.6 Å². The first kappa shape index (κ1) is 11.0. The summed E-state index contributed by atoms with van der Waals surface area (Å²) in [5.74, 6) is 3.35. The van der Waals surface area contributed by atoms with Crippen LogP contribution in [0.2, 0.25) is 0 Å². The molecule has 3 aliphatic rings. The van der Waals surface area contributed by atoms with Crippen LogP contribution in [-0.4, -0.2) is 21.6 Å². The van der Waals surface area contributed by atoms with Gasteiger partial charge in [-0.15, -0.1) is 0 Å². The maximum absolute atomic E-state index is 4.41. The Balaban J connectivity index is 1.38. The normalized spacial score (nSPS) is 38.7. The van der Waals surface area contributed by atoms with E-state index in [1.165, 1.54) is 44.3 Å². The molecule has 1 N–H and O–H groups in total. The molecule has 3 heteroatoms. The highest BCUT2D eigenvalue weighted by Gasteiger charge is 2.35. The Morgan fingerprint density at radius 2 is 1.89 bits per heavy atom. The highest BCUT2D eigenvalue weighted by Crippen LogP contribution is 2.42. The van der Waals surface area contributed by atoms with Gasteiger partial charge in [-0.2, -0.15) is 0 Å². The van der Waals surface area contributed by atoms with Crippen LogP contribution in [0, 0.1) is 11.8 Å². The third-order valence-corrected chi connectivity index (χ3v) is 5.29. The number of aryl methyl sites for hydroxylation is 1. The summed E-state index contributed by atoms with van der Waals surface area (Å²) in [6.45, 7) is 1.13. The minimum Gasteiger partial charge on any atom is -0.333 e. The lowest BCUT2D eigenvalue weighted by atomic mass is 9.85. The van der Waals surface area contributed by atoms with E-state index in [9.17, 15) is 0 Å². The van der Waals surface area contributed by atoms with Crippen LogP contribution in [0.1, 0.15) is 44.3 Å². The molecule has 3 nitrogen and oxygen atoms in total. The average Bonchev–Trinajstić information content (AvgIpc) is 2.95. The molecule has 0 spiro atoms. The number of imidazole rings is 1. The standard InChI is InChI=1S/C15H23N3/c1-2-12-7-11(1)8-14(9-12)17-13-3-4-15-16-5-6-18(15)10-13/h5-6,11-14,17H,1-4,7-10H2/t11-,12+,13?,14?. The predicted octanol–water partition coefficient (Wildman–Crippen LogP) is 2.37. The Bertz CT molecular complexity index is 413. The lowest BCUT2D eigenvalue weighted by Gasteiger charge is -2.34. The van der Waals surface area contributed by atoms with Gasteiger partial charge >= 0.3 is 0 Å². The number of fused-ring (bicyclic) bond motifs is 3. The largest absolute Gasteiger partial charge is 0.333 e. The van der Waals surface area contributed by atoms with Crippen LogP contribution in [0.25, 0.3) is 0 Å². The molecule has 18 heavy (non-hydrogen) atoms. The van der Waals surface area contributed by atoms with E-state index in [-0.39, 0.29) is 0 Å². The Kier molecular flexibility index (Phi) is 2.68. The minimum atomic E-state index is 0.675. The first-order chi connectivity index (χ1) is 8.87. The van der Waals surface area contributed by atoms with Crippen molar-refractivity contribution in [3.8, 4) is 0 Å². The van der Waals surface area contributed by atoms with Crippen LogP contribution in [0.4, 0.5) is 0 Å². The Morgan fingerprint density at radius 3 is 2.72 bits per heavy atom. The van der Waals surface area contributed by atoms with Gasteiger partial charge in [0.15, 0.2) is 0 Å². The fraction of sp³-hybridized carbons (Fsp3) is 0.800. The van der Waals surface area contributed by atoms with E-state index < -0.39 is 0 Å². The van der Waals surface area contributed by atoms with Gasteiger partial charge in [0.2, 0.25) is 0 Å². The second-order valence-corrected chi connectivity index (χ2v) is 6.61. The highest BCUT2D eigenvalue weighted by molar-refractivity contribution is 4.99. The van der Waals surface area contributed by atoms with E-state index in [1.54, 1.807) is 0 Å². The fourth-order valence-electron chi connectivity index (χ4n) is 4.48. The Morgan fingerprint density at radius 1 is 1.06 bits per heavy atom. The summed E-state index contributed by atoms with van der Waals surface area (Å²) in [6, 6.07) is 1.47. The summed E-state index contributed by atoms with van der Waals surface area (Å²) in [4.78, 5) is 4.41. The zero-order chi connectivity index (χ0) is 11.9. The number of nitrogens with one attached hydrogen (secondary N) is 1. The number of aromatic nitrogens is 2. The van der Waals surface area contributed by atoms with E-state index in [0.717, 1.165) is 30.8 Å². The molecule has 98 valence electrons. The molecular formula is C15H23N3. The Labute approximate surface area is 109 Å². The molecule has 2 unspecified atom stereocenters. The number of hydrogen-bond acceptors (Lipinski definition) is 2. The molecule has 2 fully saturated rings. The molecule has 0 radical (unpaired) electrons. The molecule has 1 aliphatic heterocycles. The monoisotopic (exact) mass is 245 g/mol. The average molecular weight is 245 g/mol. The van der Waals surface area contributed by atoms with Gasteiger partial charge in [-0.05, 0) is 37.5 Å². The topological polar surface area (TPSA) is 29.9 Å². The zero-order valence-corrected chi connectivity index (χ0v) is 11.0. The second-order valence-electron chi connectivity index (χ2n) is 6.61. The van der Waals surface area contributed by atoms with Crippen LogP contribution in [0.15, 0.2) is 12.4 Å². The smallest absolute Gasteiger partial charge is 0.108 e. The number of hydrogen-bond donors (Lipinski definition) is 1. The van der Waals surface area contributed by atoms with Crippen molar-refractivity contribution in [1.29, 1.82) is 0 Å². The molecule has 4 rings (SSSR count). The maximum atomic E-state index is 4.41. The van der Waals surface area contributed by atoms with E-state index in [4.69, 9.17) is 0 Å². The zero-order valence-electron chi connectivity index (χ0n) is 11.0. The molecule has 2 heterocycles. The third-order valence-electron chi connectivity index (χ3n) is 5.29. The van der Waals surface area contributed by atoms with Gasteiger partial charge in [0.05, 0.1) is 0 Å². The van der Waals surface area contributed by atoms with E-state index >= 15 is 0 Å². The quantitative estimate of drug-likeness (QED) is 0.867. The second kappa shape index (κ2) is 4.37. The summed E-state index contributed by atoms with van der Waals surface area (Å²) in [6.07, 6.45) is 13.9. The summed E-state index contributed by atoms with van der Waals surface area (Å²) < 4.78 is 2.33. The summed E-state index contributed by atoms with van der Waals surface area (Å²) in [5.41, 5.74) is 0. The van der Waals surface area contributed by atoms with Gasteiger partial charge in [-0.3, -0.25) is 0 Å². The predicted molar refractivity (Wildman–Crippen MR) is 71.3 cm³/mol.